The highest BCUT2D eigenvalue weighted by molar-refractivity contribution is 7.90. The fraction of sp³-hybridized carbons (Fsp3) is 0.512. The molecule has 2 heterocycles. The van der Waals surface area contributed by atoms with E-state index in [0.29, 0.717) is 35.8 Å². The summed E-state index contributed by atoms with van der Waals surface area (Å²) in [5.74, 6) is -1.65. The van der Waals surface area contributed by atoms with Gasteiger partial charge < -0.3 is 9.84 Å². The fourth-order valence-electron chi connectivity index (χ4n) is 8.00. The summed E-state index contributed by atoms with van der Waals surface area (Å²) in [4.78, 5) is 16.0. The van der Waals surface area contributed by atoms with Gasteiger partial charge in [0.05, 0.1) is 15.9 Å². The van der Waals surface area contributed by atoms with Crippen LogP contribution >= 0.6 is 0 Å². The summed E-state index contributed by atoms with van der Waals surface area (Å²) >= 11 is 0. The number of nitrogens with one attached hydrogen (secondary N) is 2. The van der Waals surface area contributed by atoms with Gasteiger partial charge in [0.1, 0.15) is 6.10 Å². The van der Waals surface area contributed by atoms with E-state index in [-0.39, 0.29) is 28.9 Å². The summed E-state index contributed by atoms with van der Waals surface area (Å²) in [5.41, 5.74) is 0. The molecule has 0 radical (unpaired) electrons. The Labute approximate surface area is 346 Å². The van der Waals surface area contributed by atoms with Gasteiger partial charge in [0.15, 0.2) is 0 Å². The molecule has 4 aromatic carbocycles. The minimum absolute atomic E-state index is 0.0147. The first-order valence-corrected chi connectivity index (χ1v) is 23.4. The molecular formula is C43H57F3N4O7S2. The Hall–Kier alpha value is -3.64. The summed E-state index contributed by atoms with van der Waals surface area (Å²) in [6, 6.07) is 25.0. The van der Waals surface area contributed by atoms with E-state index in [4.69, 9.17) is 4.74 Å². The number of likely N-dealkylation sites (tertiary alicyclic amines) is 2. The lowest BCUT2D eigenvalue weighted by molar-refractivity contribution is -0.205. The third kappa shape index (κ3) is 12.7. The molecule has 0 spiro atoms. The van der Waals surface area contributed by atoms with E-state index < -0.39 is 50.9 Å². The number of carbonyl (C=O) groups is 1. The van der Waals surface area contributed by atoms with E-state index in [2.05, 4.69) is 28.2 Å². The van der Waals surface area contributed by atoms with Gasteiger partial charge in [-0.05, 0) is 74.4 Å². The average Bonchev–Trinajstić information content (AvgIpc) is 3.22. The molecule has 2 aliphatic heterocycles. The molecule has 2 saturated heterocycles. The number of rotatable bonds is 15. The van der Waals surface area contributed by atoms with Gasteiger partial charge in [0.2, 0.25) is 20.0 Å². The van der Waals surface area contributed by atoms with Gasteiger partial charge >= 0.3 is 12.1 Å². The second kappa shape index (κ2) is 20.8. The highest BCUT2D eigenvalue weighted by Gasteiger charge is 2.43. The number of halogens is 3. The molecular weight excluding hydrogens is 806 g/mol. The highest BCUT2D eigenvalue weighted by Crippen LogP contribution is 2.27. The number of aliphatic hydroxyl groups is 1. The van der Waals surface area contributed by atoms with Crippen molar-refractivity contribution in [2.45, 2.75) is 106 Å². The molecule has 11 nitrogen and oxygen atoms in total. The lowest BCUT2D eigenvalue weighted by atomic mass is 9.91. The van der Waals surface area contributed by atoms with Crippen LogP contribution < -0.4 is 9.44 Å². The van der Waals surface area contributed by atoms with Crippen molar-refractivity contribution in [3.05, 3.63) is 84.9 Å². The summed E-state index contributed by atoms with van der Waals surface area (Å²) < 4.78 is 99.5. The number of benzene rings is 4. The van der Waals surface area contributed by atoms with Crippen LogP contribution in [0.2, 0.25) is 0 Å². The van der Waals surface area contributed by atoms with Gasteiger partial charge in [-0.25, -0.2) is 31.1 Å². The van der Waals surface area contributed by atoms with E-state index in [9.17, 15) is 39.9 Å². The molecule has 324 valence electrons. The Morgan fingerprint density at radius 3 is 1.88 bits per heavy atom. The van der Waals surface area contributed by atoms with Gasteiger partial charge in [-0.15, -0.1) is 0 Å². The van der Waals surface area contributed by atoms with E-state index in [1.165, 1.54) is 12.5 Å². The summed E-state index contributed by atoms with van der Waals surface area (Å²) in [6.45, 7) is 8.09. The zero-order valence-corrected chi connectivity index (χ0v) is 35.5. The number of hydrogen-bond acceptors (Lipinski definition) is 9. The maximum atomic E-state index is 13.0. The van der Waals surface area contributed by atoms with Crippen molar-refractivity contribution in [3.8, 4) is 0 Å². The third-order valence-corrected chi connectivity index (χ3v) is 14.3. The molecule has 0 saturated carbocycles. The lowest BCUT2D eigenvalue weighted by Crippen LogP contribution is -2.48. The summed E-state index contributed by atoms with van der Waals surface area (Å²) in [6.07, 6.45) is -0.0290. The Morgan fingerprint density at radius 2 is 1.32 bits per heavy atom. The first kappa shape index (κ1) is 46.4. The first-order valence-electron chi connectivity index (χ1n) is 20.4. The van der Waals surface area contributed by atoms with Crippen molar-refractivity contribution in [1.29, 1.82) is 0 Å². The van der Waals surface area contributed by atoms with Crippen molar-refractivity contribution >= 4 is 47.6 Å². The molecule has 5 atom stereocenters. The quantitative estimate of drug-likeness (QED) is 0.109. The lowest BCUT2D eigenvalue weighted by Gasteiger charge is -2.38. The molecule has 0 aromatic heterocycles. The summed E-state index contributed by atoms with van der Waals surface area (Å²) in [5, 5.41) is 13.2. The molecule has 3 N–H and O–H groups in total. The summed E-state index contributed by atoms with van der Waals surface area (Å²) in [7, 11) is -7.73. The molecule has 2 fully saturated rings. The number of alkyl halides is 3. The van der Waals surface area contributed by atoms with Crippen molar-refractivity contribution in [2.24, 2.45) is 5.92 Å². The maximum absolute atomic E-state index is 13.0. The van der Waals surface area contributed by atoms with Crippen LogP contribution in [0.1, 0.15) is 65.7 Å². The topological polar surface area (TPSA) is 145 Å². The number of sulfonamides is 2. The van der Waals surface area contributed by atoms with Crippen LogP contribution in [0.5, 0.6) is 0 Å². The zero-order valence-electron chi connectivity index (χ0n) is 33.9. The predicted octanol–water partition coefficient (Wildman–Crippen LogP) is 6.85. The van der Waals surface area contributed by atoms with E-state index in [0.717, 1.165) is 55.8 Å². The molecule has 4 aromatic rings. The molecule has 3 unspecified atom stereocenters. The number of hydrogen-bond donors (Lipinski definition) is 3. The monoisotopic (exact) mass is 862 g/mol. The van der Waals surface area contributed by atoms with Crippen LogP contribution in [0.15, 0.2) is 94.7 Å². The molecule has 2 aliphatic rings. The smallest absolute Gasteiger partial charge is 0.453 e. The van der Waals surface area contributed by atoms with Crippen LogP contribution in [-0.4, -0.2) is 107 Å². The standard InChI is InChI=1S/C22H27F3N2O4S.C21H30N2O3S/c1-2-17-10-5-6-13-27(17)15-18(31-21(28)22(23,24)25)14-26-32(29,30)20-12-7-9-16-8-3-4-11-19(16)20;1-3-17-12-11-16(2)23(14-17)15-19(24)13-22-27(25,26)21-10-6-8-18-7-4-5-9-20(18)21/h3-4,7-9,11-12,17-18,26H,2,5-6,10,13-15H2,1H3;4-10,16-17,19,22,24H,3,11-15H2,1-2H3/t17?,18-;16?,17?,19-/m00/s1. The van der Waals surface area contributed by atoms with Crippen LogP contribution in [0.3, 0.4) is 0 Å². The van der Waals surface area contributed by atoms with Crippen molar-refractivity contribution < 1.29 is 44.6 Å². The fourth-order valence-corrected chi connectivity index (χ4v) is 10.6. The van der Waals surface area contributed by atoms with Crippen molar-refractivity contribution in [1.82, 2.24) is 19.2 Å². The second-order valence-electron chi connectivity index (χ2n) is 15.5. The maximum Gasteiger partial charge on any atom is 0.490 e. The Bertz CT molecular complexity index is 2220. The molecule has 0 bridgehead atoms. The van der Waals surface area contributed by atoms with Gasteiger partial charge in [-0.3, -0.25) is 9.80 Å². The number of ether oxygens (including phenoxy) is 1. The van der Waals surface area contributed by atoms with Crippen molar-refractivity contribution in [3.63, 3.8) is 0 Å². The number of esters is 1. The van der Waals surface area contributed by atoms with E-state index >= 15 is 0 Å². The van der Waals surface area contributed by atoms with Crippen LogP contribution in [0.25, 0.3) is 21.5 Å². The van der Waals surface area contributed by atoms with Gasteiger partial charge in [0, 0.05) is 55.6 Å². The van der Waals surface area contributed by atoms with Gasteiger partial charge in [0.25, 0.3) is 0 Å². The molecule has 0 aliphatic carbocycles. The predicted molar refractivity (Wildman–Crippen MR) is 224 cm³/mol. The number of piperidine rings is 2. The van der Waals surface area contributed by atoms with E-state index in [1.54, 1.807) is 54.6 Å². The Morgan fingerprint density at radius 1 is 0.763 bits per heavy atom. The SMILES string of the molecule is CCC1CCC(C)N(C[C@@H](O)CNS(=O)(=O)c2cccc3ccccc23)C1.CCC1CCCCN1C[C@H](CNS(=O)(=O)c1cccc2ccccc12)OC(=O)C(F)(F)F. The third-order valence-electron chi connectivity index (χ3n) is 11.4. The van der Waals surface area contributed by atoms with Gasteiger partial charge in [-0.2, -0.15) is 13.2 Å². The Kier molecular flexibility index (Phi) is 16.3. The number of aliphatic hydroxyl groups excluding tert-OH is 1. The Balaban J connectivity index is 0.000000227. The highest BCUT2D eigenvalue weighted by atomic mass is 32.2. The zero-order chi connectivity index (χ0) is 42.8. The minimum atomic E-state index is -5.15. The average molecular weight is 863 g/mol. The van der Waals surface area contributed by atoms with Crippen LogP contribution in [-0.2, 0) is 29.6 Å². The molecule has 16 heteroatoms. The van der Waals surface area contributed by atoms with Crippen molar-refractivity contribution in [2.75, 3.05) is 39.3 Å². The second-order valence-corrected chi connectivity index (χ2v) is 19.0. The number of carbonyl (C=O) groups excluding carboxylic acids is 1. The largest absolute Gasteiger partial charge is 0.490 e. The molecule has 6 rings (SSSR count). The normalized spacial score (nSPS) is 20.8. The van der Waals surface area contributed by atoms with E-state index in [1.807, 2.05) is 36.1 Å². The van der Waals surface area contributed by atoms with Crippen LogP contribution in [0.4, 0.5) is 13.2 Å². The number of β-amino-alcohol motifs (C(OH)–C–C–N with tert-alkyl or cyclic N) is 1. The molecule has 59 heavy (non-hydrogen) atoms. The molecule has 0 amide bonds. The number of fused-ring (bicyclic) bond motifs is 2. The number of nitrogens with zero attached hydrogens (tertiary/aromatic N) is 2. The minimum Gasteiger partial charge on any atom is -0.453 e. The first-order chi connectivity index (χ1) is 28.0. The van der Waals surface area contributed by atoms with Gasteiger partial charge in [-0.1, -0.05) is 99.5 Å². The van der Waals surface area contributed by atoms with Crippen LogP contribution in [0, 0.1) is 5.92 Å².